The lowest BCUT2D eigenvalue weighted by Gasteiger charge is -2.52. The summed E-state index contributed by atoms with van der Waals surface area (Å²) in [4.78, 5) is 20.5. The highest BCUT2D eigenvalue weighted by molar-refractivity contribution is 7.93. The Labute approximate surface area is 140 Å². The van der Waals surface area contributed by atoms with E-state index < -0.39 is 21.8 Å². The fraction of sp³-hybridized carbons (Fsp3) is 0.467. The van der Waals surface area contributed by atoms with Crippen molar-refractivity contribution in [3.63, 3.8) is 0 Å². The zero-order valence-corrected chi connectivity index (χ0v) is 13.8. The number of carbonyl (C=O) groups is 2. The molecule has 2 heterocycles. The largest absolute Gasteiger partial charge is 0.473 e. The van der Waals surface area contributed by atoms with Crippen LogP contribution in [0.3, 0.4) is 0 Å². The molecule has 24 heavy (non-hydrogen) atoms. The van der Waals surface area contributed by atoms with Gasteiger partial charge in [0.15, 0.2) is 9.84 Å². The highest BCUT2D eigenvalue weighted by atomic mass is 32.2. The predicted octanol–water partition coefficient (Wildman–Crippen LogP) is -0.585. The molecule has 2 fully saturated rings. The van der Waals surface area contributed by atoms with Gasteiger partial charge in [0.25, 0.3) is 0 Å². The molecule has 9 heteroatoms. The Hall–Kier alpha value is -1.97. The maximum Gasteiger partial charge on any atom is 0.414 e. The number of nitrogens with one attached hydrogen (secondary N) is 1. The van der Waals surface area contributed by atoms with Gasteiger partial charge in [-0.2, -0.15) is 0 Å². The van der Waals surface area contributed by atoms with E-state index in [-0.39, 0.29) is 5.54 Å². The zero-order valence-electron chi connectivity index (χ0n) is 13.0. The Morgan fingerprint density at radius 1 is 1.12 bits per heavy atom. The van der Waals surface area contributed by atoms with Crippen molar-refractivity contribution in [1.29, 1.82) is 0 Å². The minimum Gasteiger partial charge on any atom is -0.473 e. The van der Waals surface area contributed by atoms with E-state index in [0.717, 1.165) is 26.2 Å². The molecule has 1 aromatic carbocycles. The van der Waals surface area contributed by atoms with Crippen molar-refractivity contribution in [3.8, 4) is 0 Å². The molecule has 0 aromatic heterocycles. The average molecular weight is 356 g/mol. The lowest BCUT2D eigenvalue weighted by Crippen LogP contribution is -2.72. The normalized spacial score (nSPS) is 21.2. The Morgan fingerprint density at radius 3 is 2.21 bits per heavy atom. The number of rotatable bonds is 2. The van der Waals surface area contributed by atoms with Gasteiger partial charge in [-0.25, -0.2) is 18.0 Å². The number of carboxylic acid groups (broad SMARTS) is 2. The number of benzene rings is 1. The number of hydrogen-bond donors (Lipinski definition) is 3. The molecule has 2 aliphatic heterocycles. The topological polar surface area (TPSA) is 124 Å². The molecule has 0 aliphatic carbocycles. The van der Waals surface area contributed by atoms with Crippen LogP contribution in [0.1, 0.15) is 5.56 Å². The summed E-state index contributed by atoms with van der Waals surface area (Å²) in [6, 6.07) is 10.3. The second-order valence-corrected chi connectivity index (χ2v) is 8.02. The Bertz CT molecular complexity index is 680. The molecular weight excluding hydrogens is 336 g/mol. The van der Waals surface area contributed by atoms with Gasteiger partial charge < -0.3 is 15.5 Å². The van der Waals surface area contributed by atoms with E-state index in [1.54, 1.807) is 0 Å². The smallest absolute Gasteiger partial charge is 0.414 e. The molecule has 132 valence electrons. The number of piperazine rings is 1. The maximum absolute atomic E-state index is 11.5. The molecule has 1 spiro atoms. The number of hydrogen-bond acceptors (Lipinski definition) is 6. The molecule has 0 radical (unpaired) electrons. The fourth-order valence-electron chi connectivity index (χ4n) is 3.00. The third-order valence-corrected chi connectivity index (χ3v) is 6.01. The van der Waals surface area contributed by atoms with Crippen LogP contribution < -0.4 is 5.32 Å². The van der Waals surface area contributed by atoms with Crippen molar-refractivity contribution in [1.82, 2.24) is 10.2 Å². The zero-order chi connectivity index (χ0) is 17.8. The minimum absolute atomic E-state index is 0.160. The summed E-state index contributed by atoms with van der Waals surface area (Å²) in [6.45, 7) is 3.50. The summed E-state index contributed by atoms with van der Waals surface area (Å²) in [7, 11) is -2.80. The van der Waals surface area contributed by atoms with Gasteiger partial charge >= 0.3 is 11.9 Å². The SMILES string of the molecule is O=C(O)C(=O)O.O=S1(=O)CC2(CNCCN2Cc2ccccc2)C1. The van der Waals surface area contributed by atoms with Crippen LogP contribution >= 0.6 is 0 Å². The van der Waals surface area contributed by atoms with E-state index in [9.17, 15) is 8.42 Å². The molecule has 3 rings (SSSR count). The number of aliphatic carboxylic acids is 2. The Kier molecular flexibility index (Phi) is 5.58. The van der Waals surface area contributed by atoms with E-state index in [4.69, 9.17) is 19.8 Å². The van der Waals surface area contributed by atoms with Crippen molar-refractivity contribution < 1.29 is 28.2 Å². The Morgan fingerprint density at radius 2 is 1.71 bits per heavy atom. The summed E-state index contributed by atoms with van der Waals surface area (Å²) in [5.41, 5.74) is 1.09. The van der Waals surface area contributed by atoms with E-state index in [1.165, 1.54) is 5.56 Å². The highest BCUT2D eigenvalue weighted by Gasteiger charge is 2.53. The summed E-state index contributed by atoms with van der Waals surface area (Å²) < 4.78 is 23.0. The number of sulfone groups is 1. The third kappa shape index (κ3) is 4.53. The minimum atomic E-state index is -2.80. The van der Waals surface area contributed by atoms with Gasteiger partial charge in [-0.3, -0.25) is 4.90 Å². The first-order valence-electron chi connectivity index (χ1n) is 7.40. The molecule has 0 saturated carbocycles. The molecule has 0 amide bonds. The van der Waals surface area contributed by atoms with Crippen molar-refractivity contribution in [3.05, 3.63) is 35.9 Å². The lowest BCUT2D eigenvalue weighted by molar-refractivity contribution is -0.159. The summed E-state index contributed by atoms with van der Waals surface area (Å²) in [6.07, 6.45) is 0. The molecule has 1 aromatic rings. The molecular formula is C15H20N2O6S. The van der Waals surface area contributed by atoms with Crippen molar-refractivity contribution in [2.75, 3.05) is 31.1 Å². The molecule has 3 N–H and O–H groups in total. The first-order valence-corrected chi connectivity index (χ1v) is 9.23. The molecule has 0 unspecified atom stereocenters. The predicted molar refractivity (Wildman–Crippen MR) is 86.4 cm³/mol. The van der Waals surface area contributed by atoms with Crippen LogP contribution in [0.2, 0.25) is 0 Å². The van der Waals surface area contributed by atoms with Crippen molar-refractivity contribution in [2.45, 2.75) is 12.1 Å². The summed E-state index contributed by atoms with van der Waals surface area (Å²) in [5.74, 6) is -3.04. The van der Waals surface area contributed by atoms with E-state index in [2.05, 4.69) is 22.3 Å². The highest BCUT2D eigenvalue weighted by Crippen LogP contribution is 2.32. The van der Waals surface area contributed by atoms with Gasteiger partial charge in [0, 0.05) is 26.2 Å². The van der Waals surface area contributed by atoms with Gasteiger partial charge in [-0.1, -0.05) is 30.3 Å². The van der Waals surface area contributed by atoms with Crippen molar-refractivity contribution >= 4 is 21.8 Å². The molecule has 0 bridgehead atoms. The van der Waals surface area contributed by atoms with Crippen LogP contribution in [-0.4, -0.2) is 72.1 Å². The maximum atomic E-state index is 11.5. The third-order valence-electron chi connectivity index (χ3n) is 4.06. The quantitative estimate of drug-likeness (QED) is 0.601. The average Bonchev–Trinajstić information content (AvgIpc) is 2.49. The van der Waals surface area contributed by atoms with E-state index in [0.29, 0.717) is 11.5 Å². The second-order valence-electron chi connectivity index (χ2n) is 5.95. The van der Waals surface area contributed by atoms with Crippen LogP contribution in [0, 0.1) is 0 Å². The van der Waals surface area contributed by atoms with Crippen LogP contribution in [-0.2, 0) is 26.0 Å². The van der Waals surface area contributed by atoms with Gasteiger partial charge in [-0.15, -0.1) is 0 Å². The van der Waals surface area contributed by atoms with E-state index >= 15 is 0 Å². The first-order chi connectivity index (χ1) is 11.2. The van der Waals surface area contributed by atoms with Gasteiger partial charge in [0.1, 0.15) is 0 Å². The van der Waals surface area contributed by atoms with Crippen LogP contribution in [0.5, 0.6) is 0 Å². The van der Waals surface area contributed by atoms with Crippen LogP contribution in [0.25, 0.3) is 0 Å². The van der Waals surface area contributed by atoms with Gasteiger partial charge in [0.2, 0.25) is 0 Å². The number of carboxylic acids is 2. The number of nitrogens with zero attached hydrogens (tertiary/aromatic N) is 1. The monoisotopic (exact) mass is 356 g/mol. The Balaban J connectivity index is 0.000000301. The first kappa shape index (κ1) is 18.4. The van der Waals surface area contributed by atoms with Crippen molar-refractivity contribution in [2.24, 2.45) is 0 Å². The van der Waals surface area contributed by atoms with E-state index in [1.807, 2.05) is 18.2 Å². The lowest BCUT2D eigenvalue weighted by atomic mass is 9.97. The molecule has 2 aliphatic rings. The molecule has 8 nitrogen and oxygen atoms in total. The fourth-order valence-corrected chi connectivity index (χ4v) is 5.12. The van der Waals surface area contributed by atoms with Gasteiger partial charge in [-0.05, 0) is 5.56 Å². The summed E-state index contributed by atoms with van der Waals surface area (Å²) in [5, 5.41) is 18.1. The van der Waals surface area contributed by atoms with Crippen LogP contribution in [0.4, 0.5) is 0 Å². The van der Waals surface area contributed by atoms with Gasteiger partial charge in [0.05, 0.1) is 17.0 Å². The standard InChI is InChI=1S/C13H18N2O2S.C2H2O4/c16-18(17)10-13(11-18)9-14-6-7-15(13)8-12-4-2-1-3-5-12;3-1(4)2(5)6/h1-5,14H,6-11H2;(H,3,4)(H,5,6). The summed E-state index contributed by atoms with van der Waals surface area (Å²) >= 11 is 0. The second kappa shape index (κ2) is 7.29. The molecule has 0 atom stereocenters. The van der Waals surface area contributed by atoms with Crippen LogP contribution in [0.15, 0.2) is 30.3 Å². The molecule has 2 saturated heterocycles.